The van der Waals surface area contributed by atoms with E-state index in [0.29, 0.717) is 17.9 Å². The van der Waals surface area contributed by atoms with Crippen molar-refractivity contribution in [3.8, 4) is 0 Å². The van der Waals surface area contributed by atoms with E-state index in [1.54, 1.807) is 24.5 Å². The lowest BCUT2D eigenvalue weighted by atomic mass is 10.1. The Labute approximate surface area is 157 Å². The van der Waals surface area contributed by atoms with Gasteiger partial charge in [0, 0.05) is 23.0 Å². The Kier molecular flexibility index (Phi) is 5.45. The van der Waals surface area contributed by atoms with Crippen molar-refractivity contribution >= 4 is 17.8 Å². The zero-order chi connectivity index (χ0) is 19.4. The smallest absolute Gasteiger partial charge is 0.331 e. The summed E-state index contributed by atoms with van der Waals surface area (Å²) in [6, 6.07) is 9.06. The van der Waals surface area contributed by atoms with Gasteiger partial charge in [-0.1, -0.05) is 0 Å². The molecule has 0 radical (unpaired) electrons. The lowest BCUT2D eigenvalue weighted by Crippen LogP contribution is -2.13. The first-order chi connectivity index (χ1) is 12.9. The van der Waals surface area contributed by atoms with E-state index in [9.17, 15) is 9.59 Å². The molecule has 0 saturated heterocycles. The summed E-state index contributed by atoms with van der Waals surface area (Å²) >= 11 is 0. The molecule has 3 aromatic heterocycles. The zero-order valence-corrected chi connectivity index (χ0v) is 15.5. The molecule has 0 amide bonds. The SMILES string of the molecule is Cc1ccc(C=CC(=O)OCC(=O)c2cc(C)n(Cc3ccco3)c2C)o1. The van der Waals surface area contributed by atoms with E-state index in [4.69, 9.17) is 13.6 Å². The van der Waals surface area contributed by atoms with Crippen LogP contribution in [0.1, 0.15) is 39.0 Å². The van der Waals surface area contributed by atoms with Gasteiger partial charge in [-0.2, -0.15) is 0 Å². The van der Waals surface area contributed by atoms with Crippen LogP contribution < -0.4 is 0 Å². The molecule has 0 aliphatic heterocycles. The summed E-state index contributed by atoms with van der Waals surface area (Å²) in [5, 5.41) is 0. The van der Waals surface area contributed by atoms with Gasteiger partial charge in [0.2, 0.25) is 5.78 Å². The van der Waals surface area contributed by atoms with Gasteiger partial charge in [-0.15, -0.1) is 0 Å². The normalized spacial score (nSPS) is 11.2. The van der Waals surface area contributed by atoms with Gasteiger partial charge in [-0.25, -0.2) is 4.79 Å². The molecule has 0 aromatic carbocycles. The Morgan fingerprint density at radius 2 is 2.00 bits per heavy atom. The second kappa shape index (κ2) is 7.95. The summed E-state index contributed by atoms with van der Waals surface area (Å²) in [4.78, 5) is 24.3. The average molecular weight is 367 g/mol. The van der Waals surface area contributed by atoms with Crippen molar-refractivity contribution in [2.75, 3.05) is 6.61 Å². The van der Waals surface area contributed by atoms with Gasteiger partial charge >= 0.3 is 5.97 Å². The van der Waals surface area contributed by atoms with Gasteiger partial charge in [-0.05, 0) is 57.2 Å². The average Bonchev–Trinajstić information content (AvgIpc) is 3.36. The van der Waals surface area contributed by atoms with Gasteiger partial charge in [0.25, 0.3) is 0 Å². The quantitative estimate of drug-likeness (QED) is 0.357. The number of furan rings is 2. The van der Waals surface area contributed by atoms with Crippen LogP contribution in [-0.4, -0.2) is 22.9 Å². The van der Waals surface area contributed by atoms with Gasteiger partial charge < -0.3 is 18.1 Å². The monoisotopic (exact) mass is 367 g/mol. The number of aromatic nitrogens is 1. The number of aryl methyl sites for hydroxylation is 2. The highest BCUT2D eigenvalue weighted by molar-refractivity contribution is 6.00. The van der Waals surface area contributed by atoms with Crippen LogP contribution in [0.5, 0.6) is 0 Å². The van der Waals surface area contributed by atoms with Gasteiger partial charge in [0.1, 0.15) is 17.3 Å². The fourth-order valence-corrected chi connectivity index (χ4v) is 2.84. The van der Waals surface area contributed by atoms with Crippen LogP contribution >= 0.6 is 0 Å². The number of ketones is 1. The van der Waals surface area contributed by atoms with Crippen molar-refractivity contribution in [2.24, 2.45) is 0 Å². The predicted octanol–water partition coefficient (Wildman–Crippen LogP) is 4.09. The molecule has 140 valence electrons. The summed E-state index contributed by atoms with van der Waals surface area (Å²) in [5.41, 5.74) is 2.29. The summed E-state index contributed by atoms with van der Waals surface area (Å²) in [6.07, 6.45) is 4.37. The molecule has 3 aromatic rings. The zero-order valence-electron chi connectivity index (χ0n) is 15.5. The minimum atomic E-state index is -0.596. The second-order valence-corrected chi connectivity index (χ2v) is 6.26. The van der Waals surface area contributed by atoms with Gasteiger partial charge in [0.05, 0.1) is 12.8 Å². The van der Waals surface area contributed by atoms with Crippen LogP contribution in [0.4, 0.5) is 0 Å². The van der Waals surface area contributed by atoms with Crippen molar-refractivity contribution in [1.82, 2.24) is 4.57 Å². The first kappa shape index (κ1) is 18.5. The molecule has 0 bridgehead atoms. The van der Waals surface area contributed by atoms with Crippen LogP contribution in [0.3, 0.4) is 0 Å². The highest BCUT2D eigenvalue weighted by Crippen LogP contribution is 2.18. The molecule has 0 unspecified atom stereocenters. The van der Waals surface area contributed by atoms with Crippen molar-refractivity contribution in [1.29, 1.82) is 0 Å². The van der Waals surface area contributed by atoms with E-state index in [1.807, 2.05) is 37.5 Å². The summed E-state index contributed by atoms with van der Waals surface area (Å²) in [6.45, 7) is 5.84. The first-order valence-electron chi connectivity index (χ1n) is 8.57. The van der Waals surface area contributed by atoms with E-state index in [0.717, 1.165) is 22.9 Å². The van der Waals surface area contributed by atoms with Crippen molar-refractivity contribution in [3.63, 3.8) is 0 Å². The molecule has 0 aliphatic rings. The fourth-order valence-electron chi connectivity index (χ4n) is 2.84. The third-order valence-electron chi connectivity index (χ3n) is 4.26. The van der Waals surface area contributed by atoms with Gasteiger partial charge in [-0.3, -0.25) is 4.79 Å². The maximum absolute atomic E-state index is 12.5. The summed E-state index contributed by atoms with van der Waals surface area (Å²) in [7, 11) is 0. The molecular weight excluding hydrogens is 346 g/mol. The van der Waals surface area contributed by atoms with Crippen molar-refractivity contribution in [3.05, 3.63) is 76.9 Å². The number of esters is 1. The molecule has 6 heteroatoms. The number of carbonyl (C=O) groups is 2. The lowest BCUT2D eigenvalue weighted by Gasteiger charge is -2.07. The molecule has 0 aliphatic carbocycles. The number of hydrogen-bond acceptors (Lipinski definition) is 5. The number of carbonyl (C=O) groups excluding carboxylic acids is 2. The molecule has 6 nitrogen and oxygen atoms in total. The number of hydrogen-bond donors (Lipinski definition) is 0. The third-order valence-corrected chi connectivity index (χ3v) is 4.26. The van der Waals surface area contributed by atoms with Gasteiger partial charge in [0.15, 0.2) is 6.61 Å². The number of ether oxygens (including phenoxy) is 1. The molecule has 3 rings (SSSR count). The van der Waals surface area contributed by atoms with Crippen molar-refractivity contribution < 1.29 is 23.2 Å². The molecule has 0 atom stereocenters. The number of Topliss-reactive ketones (excluding diaryl/α,β-unsaturated/α-hetero) is 1. The molecule has 0 N–H and O–H groups in total. The maximum Gasteiger partial charge on any atom is 0.331 e. The van der Waals surface area contributed by atoms with E-state index >= 15 is 0 Å². The Bertz CT molecular complexity index is 973. The molecule has 27 heavy (non-hydrogen) atoms. The van der Waals surface area contributed by atoms with E-state index < -0.39 is 5.97 Å². The third kappa shape index (κ3) is 4.47. The van der Waals surface area contributed by atoms with Crippen LogP contribution in [0.2, 0.25) is 0 Å². The summed E-state index contributed by atoms with van der Waals surface area (Å²) in [5.74, 6) is 1.27. The maximum atomic E-state index is 12.5. The molecule has 3 heterocycles. The Hall–Kier alpha value is -3.28. The Morgan fingerprint density at radius 3 is 2.67 bits per heavy atom. The summed E-state index contributed by atoms with van der Waals surface area (Å²) < 4.78 is 17.7. The number of nitrogens with zero attached hydrogens (tertiary/aromatic N) is 1. The predicted molar refractivity (Wildman–Crippen MR) is 99.5 cm³/mol. The lowest BCUT2D eigenvalue weighted by molar-refractivity contribution is -0.136. The van der Waals surface area contributed by atoms with Crippen LogP contribution in [-0.2, 0) is 16.1 Å². The van der Waals surface area contributed by atoms with Crippen molar-refractivity contribution in [2.45, 2.75) is 27.3 Å². The van der Waals surface area contributed by atoms with Crippen LogP contribution in [0, 0.1) is 20.8 Å². The topological polar surface area (TPSA) is 74.6 Å². The Balaban J connectivity index is 1.61. The fraction of sp³-hybridized carbons (Fsp3) is 0.238. The molecule has 0 saturated carbocycles. The highest BCUT2D eigenvalue weighted by atomic mass is 16.5. The van der Waals surface area contributed by atoms with Crippen LogP contribution in [0.15, 0.2) is 51.5 Å². The minimum Gasteiger partial charge on any atom is -0.467 e. The van der Waals surface area contributed by atoms with Crippen LogP contribution in [0.25, 0.3) is 6.08 Å². The van der Waals surface area contributed by atoms with E-state index in [1.165, 1.54) is 12.2 Å². The number of rotatable bonds is 7. The Morgan fingerprint density at radius 1 is 1.19 bits per heavy atom. The largest absolute Gasteiger partial charge is 0.467 e. The first-order valence-corrected chi connectivity index (χ1v) is 8.57. The molecule has 0 spiro atoms. The minimum absolute atomic E-state index is 0.246. The van der Waals surface area contributed by atoms with E-state index in [-0.39, 0.29) is 12.4 Å². The standard InChI is InChI=1S/C21H21NO5/c1-14-11-19(16(3)22(14)12-18-5-4-10-25-18)20(23)13-26-21(24)9-8-17-7-6-15(2)27-17/h4-11H,12-13H2,1-3H3. The van der Waals surface area contributed by atoms with E-state index in [2.05, 4.69) is 0 Å². The molecule has 0 fully saturated rings. The molecular formula is C21H21NO5. The highest BCUT2D eigenvalue weighted by Gasteiger charge is 2.17. The second-order valence-electron chi connectivity index (χ2n) is 6.26.